The summed E-state index contributed by atoms with van der Waals surface area (Å²) in [6, 6.07) is 34.5. The number of benzene rings is 4. The first kappa shape index (κ1) is 22.6. The molecule has 0 fully saturated rings. The highest BCUT2D eigenvalue weighted by atomic mass is 35.5. The summed E-state index contributed by atoms with van der Waals surface area (Å²) in [5.41, 5.74) is 7.41. The van der Waals surface area contributed by atoms with Crippen LogP contribution >= 0.6 is 11.6 Å². The minimum atomic E-state index is -0.425. The Kier molecular flexibility index (Phi) is 5.48. The number of hydrogen-bond donors (Lipinski definition) is 0. The molecule has 37 heavy (non-hydrogen) atoms. The Bertz CT molecular complexity index is 1850. The van der Waals surface area contributed by atoms with Gasteiger partial charge in [-0.25, -0.2) is 0 Å². The monoisotopic (exact) mass is 502 g/mol. The van der Waals surface area contributed by atoms with E-state index in [1.165, 1.54) is 12.1 Å². The van der Waals surface area contributed by atoms with E-state index in [-0.39, 0.29) is 5.69 Å². The average Bonchev–Trinajstić information content (AvgIpc) is 3.42. The van der Waals surface area contributed by atoms with Gasteiger partial charge in [-0.15, -0.1) is 0 Å². The van der Waals surface area contributed by atoms with Gasteiger partial charge in [0.05, 0.1) is 27.2 Å². The van der Waals surface area contributed by atoms with Crippen molar-refractivity contribution in [1.82, 2.24) is 8.97 Å². The summed E-state index contributed by atoms with van der Waals surface area (Å²) in [5, 5.41) is 22.4. The lowest BCUT2D eigenvalue weighted by Crippen LogP contribution is -2.00. The van der Waals surface area contributed by atoms with E-state index >= 15 is 0 Å². The molecule has 2 aromatic heterocycles. The second-order valence-electron chi connectivity index (χ2n) is 8.74. The topological polar surface area (TPSA) is 76.3 Å². The van der Waals surface area contributed by atoms with Crippen molar-refractivity contribution in [2.24, 2.45) is 0 Å². The molecular weight excluding hydrogens is 484 g/mol. The lowest BCUT2D eigenvalue weighted by molar-refractivity contribution is -0.384. The third kappa shape index (κ3) is 3.74. The Balaban J connectivity index is 1.77. The first-order valence-corrected chi connectivity index (χ1v) is 12.0. The molecule has 2 heterocycles. The van der Waals surface area contributed by atoms with E-state index in [9.17, 15) is 15.4 Å². The second kappa shape index (κ2) is 8.98. The van der Waals surface area contributed by atoms with Gasteiger partial charge in [-0.2, -0.15) is 5.26 Å². The van der Waals surface area contributed by atoms with Crippen molar-refractivity contribution in [2.75, 3.05) is 0 Å². The third-order valence-corrected chi connectivity index (χ3v) is 6.81. The molecule has 7 heteroatoms. The SMILES string of the molecule is N#Cc1c(-c2cccc(Cl)c2)c2n(Cc3ccccc3)c3ccccc3n2c1-c1ccc([N+](=O)[O-])cc1. The Morgan fingerprint density at radius 3 is 2.22 bits per heavy atom. The zero-order valence-corrected chi connectivity index (χ0v) is 20.3. The highest BCUT2D eigenvalue weighted by Gasteiger charge is 2.27. The molecular formula is C30H19ClN4O2. The Labute approximate surface area is 217 Å². The molecule has 0 saturated carbocycles. The Morgan fingerprint density at radius 1 is 0.838 bits per heavy atom. The minimum absolute atomic E-state index is 0.00312. The van der Waals surface area contributed by atoms with Crippen molar-refractivity contribution in [3.8, 4) is 28.5 Å². The maximum absolute atomic E-state index is 11.3. The zero-order valence-electron chi connectivity index (χ0n) is 19.5. The summed E-state index contributed by atoms with van der Waals surface area (Å²) in [6.45, 7) is 0.597. The van der Waals surface area contributed by atoms with Crippen molar-refractivity contribution >= 4 is 34.0 Å². The molecule has 6 aromatic rings. The summed E-state index contributed by atoms with van der Waals surface area (Å²) < 4.78 is 4.31. The number of fused-ring (bicyclic) bond motifs is 3. The van der Waals surface area contributed by atoms with Crippen molar-refractivity contribution in [3.63, 3.8) is 0 Å². The maximum atomic E-state index is 11.3. The third-order valence-electron chi connectivity index (χ3n) is 6.58. The zero-order chi connectivity index (χ0) is 25.5. The van der Waals surface area contributed by atoms with Gasteiger partial charge in [0.15, 0.2) is 0 Å². The van der Waals surface area contributed by atoms with Crippen LogP contribution in [0.4, 0.5) is 5.69 Å². The fraction of sp³-hybridized carbons (Fsp3) is 0.0333. The van der Waals surface area contributed by atoms with E-state index in [1.807, 2.05) is 54.6 Å². The summed E-state index contributed by atoms with van der Waals surface area (Å²) in [7, 11) is 0. The van der Waals surface area contributed by atoms with Crippen molar-refractivity contribution in [3.05, 3.63) is 129 Å². The largest absolute Gasteiger partial charge is 0.321 e. The molecule has 0 amide bonds. The second-order valence-corrected chi connectivity index (χ2v) is 9.18. The normalized spacial score (nSPS) is 11.1. The number of rotatable bonds is 5. The number of nitro benzene ring substituents is 1. The van der Waals surface area contributed by atoms with Gasteiger partial charge in [0.2, 0.25) is 0 Å². The molecule has 0 spiro atoms. The molecule has 0 bridgehead atoms. The Hall–Kier alpha value is -4.86. The van der Waals surface area contributed by atoms with Crippen LogP contribution in [0, 0.1) is 21.4 Å². The van der Waals surface area contributed by atoms with Gasteiger partial charge >= 0.3 is 0 Å². The van der Waals surface area contributed by atoms with Crippen LogP contribution in [0.1, 0.15) is 11.1 Å². The van der Waals surface area contributed by atoms with Crippen LogP contribution in [0.2, 0.25) is 5.02 Å². The van der Waals surface area contributed by atoms with Gasteiger partial charge in [-0.05, 0) is 47.5 Å². The summed E-state index contributed by atoms with van der Waals surface area (Å²) >= 11 is 6.40. The highest BCUT2D eigenvalue weighted by molar-refractivity contribution is 6.31. The molecule has 6 nitrogen and oxygen atoms in total. The quantitative estimate of drug-likeness (QED) is 0.179. The number of hydrogen-bond acceptors (Lipinski definition) is 3. The van der Waals surface area contributed by atoms with Gasteiger partial charge in [0, 0.05) is 34.8 Å². The molecule has 0 radical (unpaired) electrons. The number of para-hydroxylation sites is 2. The number of imidazole rings is 1. The molecule has 6 rings (SSSR count). The van der Waals surface area contributed by atoms with Gasteiger partial charge in [-0.1, -0.05) is 66.2 Å². The number of nitro groups is 1. The van der Waals surface area contributed by atoms with Crippen LogP contribution in [0.3, 0.4) is 0 Å². The number of nitrogens with zero attached hydrogens (tertiary/aromatic N) is 4. The van der Waals surface area contributed by atoms with E-state index < -0.39 is 4.92 Å². The van der Waals surface area contributed by atoms with Crippen LogP contribution in [0.5, 0.6) is 0 Å². The van der Waals surface area contributed by atoms with E-state index in [4.69, 9.17) is 11.6 Å². The molecule has 4 aromatic carbocycles. The molecule has 0 atom stereocenters. The molecule has 0 unspecified atom stereocenters. The number of halogens is 1. The predicted octanol–water partition coefficient (Wildman–Crippen LogP) is 7.71. The summed E-state index contributed by atoms with van der Waals surface area (Å²) in [5.74, 6) is 0. The van der Waals surface area contributed by atoms with E-state index in [0.29, 0.717) is 28.4 Å². The minimum Gasteiger partial charge on any atom is -0.321 e. The Morgan fingerprint density at radius 2 is 1.54 bits per heavy atom. The van der Waals surface area contributed by atoms with Gasteiger partial charge in [0.1, 0.15) is 11.7 Å². The predicted molar refractivity (Wildman–Crippen MR) is 146 cm³/mol. The first-order chi connectivity index (χ1) is 18.1. The molecule has 0 aliphatic carbocycles. The van der Waals surface area contributed by atoms with Crippen LogP contribution in [0.15, 0.2) is 103 Å². The summed E-state index contributed by atoms with van der Waals surface area (Å²) in [4.78, 5) is 10.9. The van der Waals surface area contributed by atoms with Gasteiger partial charge in [0.25, 0.3) is 5.69 Å². The van der Waals surface area contributed by atoms with Crippen molar-refractivity contribution < 1.29 is 4.92 Å². The number of nitriles is 1. The summed E-state index contributed by atoms with van der Waals surface area (Å²) in [6.07, 6.45) is 0. The first-order valence-electron chi connectivity index (χ1n) is 11.7. The van der Waals surface area contributed by atoms with E-state index in [0.717, 1.165) is 33.4 Å². The van der Waals surface area contributed by atoms with Gasteiger partial charge in [-0.3, -0.25) is 14.5 Å². The van der Waals surface area contributed by atoms with E-state index in [1.54, 1.807) is 18.2 Å². The van der Waals surface area contributed by atoms with Gasteiger partial charge < -0.3 is 4.57 Å². The smallest absolute Gasteiger partial charge is 0.269 e. The number of non-ortho nitro benzene ring substituents is 1. The molecule has 178 valence electrons. The fourth-order valence-corrected chi connectivity index (χ4v) is 5.20. The van der Waals surface area contributed by atoms with Crippen LogP contribution in [-0.4, -0.2) is 13.9 Å². The standard InChI is InChI=1S/C30H19ClN4O2/c31-23-10-6-9-22(17-23)28-25(18-32)29(21-13-15-24(16-14-21)35(36)37)34-27-12-5-4-11-26(27)33(30(28)34)19-20-7-2-1-3-8-20/h1-17H,19H2. The maximum Gasteiger partial charge on any atom is 0.269 e. The van der Waals surface area contributed by atoms with Crippen molar-refractivity contribution in [1.29, 1.82) is 5.26 Å². The molecule has 0 saturated heterocycles. The van der Waals surface area contributed by atoms with Crippen molar-refractivity contribution in [2.45, 2.75) is 6.54 Å². The average molecular weight is 503 g/mol. The molecule has 0 aliphatic heterocycles. The molecule has 0 N–H and O–H groups in total. The van der Waals surface area contributed by atoms with Crippen LogP contribution in [-0.2, 0) is 6.54 Å². The highest BCUT2D eigenvalue weighted by Crippen LogP contribution is 2.42. The van der Waals surface area contributed by atoms with E-state index in [2.05, 4.69) is 33.2 Å². The molecule has 0 aliphatic rings. The number of aromatic nitrogens is 2. The van der Waals surface area contributed by atoms with Crippen LogP contribution in [0.25, 0.3) is 39.1 Å². The van der Waals surface area contributed by atoms with Crippen LogP contribution < -0.4 is 0 Å². The lowest BCUT2D eigenvalue weighted by Gasteiger charge is -2.09. The fourth-order valence-electron chi connectivity index (χ4n) is 5.01. The lowest BCUT2D eigenvalue weighted by atomic mass is 10.00.